The van der Waals surface area contributed by atoms with E-state index in [1.807, 2.05) is 0 Å². The summed E-state index contributed by atoms with van der Waals surface area (Å²) < 4.78 is 8.46. The van der Waals surface area contributed by atoms with E-state index in [2.05, 4.69) is 20.6 Å². The molecule has 0 radical (unpaired) electrons. The standard InChI is InChI=1S/C26H24N6O4S/c1-14-9-22(30-36-14)29-20-10-15(12-31(2)25(20)34)16-7-8-27-24(19(16)13-33)32-26(35)23-18(11-28-32)17-5-3-4-6-21(17)37-23/h7-12,33H,3-6,13H2,1-2H3,(H,29,30). The topological polar surface area (TPSA) is 128 Å². The number of aliphatic hydroxyl groups is 1. The van der Waals surface area contributed by atoms with Gasteiger partial charge < -0.3 is 19.5 Å². The van der Waals surface area contributed by atoms with Crippen molar-refractivity contribution in [2.24, 2.45) is 7.05 Å². The molecule has 1 aliphatic rings. The van der Waals surface area contributed by atoms with Crippen molar-refractivity contribution in [1.29, 1.82) is 0 Å². The molecule has 0 aromatic carbocycles. The number of aromatic nitrogens is 5. The SMILES string of the molecule is Cc1cc(Nc2cc(-c3ccnc(-n4ncc5c6c(sc5c4=O)CCCC6)c3CO)cn(C)c2=O)no1. The molecule has 5 heterocycles. The molecule has 0 saturated heterocycles. The average Bonchev–Trinajstić information content (AvgIpc) is 3.50. The van der Waals surface area contributed by atoms with Crippen LogP contribution in [0.25, 0.3) is 27.0 Å². The number of hydrogen-bond donors (Lipinski definition) is 2. The van der Waals surface area contributed by atoms with Crippen molar-refractivity contribution in [2.75, 3.05) is 5.32 Å². The van der Waals surface area contributed by atoms with Gasteiger partial charge in [0.2, 0.25) is 0 Å². The minimum Gasteiger partial charge on any atom is -0.392 e. The van der Waals surface area contributed by atoms with Gasteiger partial charge in [-0.1, -0.05) is 5.16 Å². The number of anilines is 2. The number of aliphatic hydroxyl groups excluding tert-OH is 1. The van der Waals surface area contributed by atoms with Gasteiger partial charge in [-0.15, -0.1) is 11.3 Å². The van der Waals surface area contributed by atoms with Gasteiger partial charge in [0.1, 0.15) is 16.1 Å². The van der Waals surface area contributed by atoms with Gasteiger partial charge in [0.15, 0.2) is 11.6 Å². The number of fused-ring (bicyclic) bond motifs is 3. The van der Waals surface area contributed by atoms with Gasteiger partial charge in [-0.3, -0.25) is 9.59 Å². The molecule has 0 aliphatic heterocycles. The van der Waals surface area contributed by atoms with E-state index in [-0.39, 0.29) is 29.2 Å². The Labute approximate surface area is 214 Å². The largest absolute Gasteiger partial charge is 0.392 e. The van der Waals surface area contributed by atoms with Crippen molar-refractivity contribution in [3.8, 4) is 16.9 Å². The molecule has 5 aromatic heterocycles. The molecule has 6 rings (SSSR count). The summed E-state index contributed by atoms with van der Waals surface area (Å²) in [6.45, 7) is 1.39. The molecule has 0 saturated carbocycles. The first kappa shape index (κ1) is 23.3. The molecule has 0 unspecified atom stereocenters. The van der Waals surface area contributed by atoms with Crippen molar-refractivity contribution >= 4 is 32.9 Å². The number of aryl methyl sites for hydroxylation is 4. The van der Waals surface area contributed by atoms with Crippen molar-refractivity contribution < 1.29 is 9.63 Å². The maximum absolute atomic E-state index is 13.5. The maximum Gasteiger partial charge on any atom is 0.290 e. The van der Waals surface area contributed by atoms with Crippen molar-refractivity contribution in [1.82, 2.24) is 24.5 Å². The third kappa shape index (κ3) is 3.96. The third-order valence-corrected chi connectivity index (χ3v) is 7.97. The number of thiophene rings is 1. The summed E-state index contributed by atoms with van der Waals surface area (Å²) in [6, 6.07) is 5.11. The van der Waals surface area contributed by atoms with Gasteiger partial charge in [-0.25, -0.2) is 4.98 Å². The number of nitrogens with zero attached hydrogens (tertiary/aromatic N) is 5. The Morgan fingerprint density at radius 2 is 2.03 bits per heavy atom. The zero-order valence-corrected chi connectivity index (χ0v) is 21.1. The molecule has 10 nitrogen and oxygen atoms in total. The fraction of sp³-hybridized carbons (Fsp3) is 0.269. The van der Waals surface area contributed by atoms with E-state index in [9.17, 15) is 14.7 Å². The first-order valence-corrected chi connectivity index (χ1v) is 12.8. The predicted molar refractivity (Wildman–Crippen MR) is 141 cm³/mol. The second-order valence-electron chi connectivity index (χ2n) is 9.14. The lowest BCUT2D eigenvalue weighted by Crippen LogP contribution is -2.23. The molecule has 2 N–H and O–H groups in total. The summed E-state index contributed by atoms with van der Waals surface area (Å²) in [5, 5.41) is 22.7. The Kier molecular flexibility index (Phi) is 5.73. The quantitative estimate of drug-likeness (QED) is 0.363. The summed E-state index contributed by atoms with van der Waals surface area (Å²) in [5.41, 5.74) is 2.73. The fourth-order valence-corrected chi connectivity index (χ4v) is 6.19. The highest BCUT2D eigenvalue weighted by Gasteiger charge is 2.22. The molecule has 188 valence electrons. The molecule has 0 amide bonds. The van der Waals surface area contributed by atoms with Crippen LogP contribution < -0.4 is 16.4 Å². The van der Waals surface area contributed by atoms with E-state index in [0.717, 1.165) is 31.1 Å². The lowest BCUT2D eigenvalue weighted by atomic mass is 9.97. The van der Waals surface area contributed by atoms with Gasteiger partial charge in [0.05, 0.1) is 12.8 Å². The van der Waals surface area contributed by atoms with E-state index in [0.29, 0.717) is 33.0 Å². The van der Waals surface area contributed by atoms with Crippen molar-refractivity contribution in [2.45, 2.75) is 39.2 Å². The van der Waals surface area contributed by atoms with Crippen LogP contribution in [0.3, 0.4) is 0 Å². The summed E-state index contributed by atoms with van der Waals surface area (Å²) >= 11 is 1.53. The molecule has 0 spiro atoms. The Morgan fingerprint density at radius 3 is 2.81 bits per heavy atom. The minimum absolute atomic E-state index is 0.250. The Hall–Kier alpha value is -4.09. The lowest BCUT2D eigenvalue weighted by molar-refractivity contribution is 0.281. The second-order valence-corrected chi connectivity index (χ2v) is 10.2. The fourth-order valence-electron chi connectivity index (χ4n) is 4.90. The highest BCUT2D eigenvalue weighted by Crippen LogP contribution is 2.35. The summed E-state index contributed by atoms with van der Waals surface area (Å²) in [4.78, 5) is 32.0. The zero-order valence-electron chi connectivity index (χ0n) is 20.3. The molecular formula is C26H24N6O4S. The van der Waals surface area contributed by atoms with Crippen LogP contribution in [0.15, 0.2) is 50.9 Å². The van der Waals surface area contributed by atoms with Crippen LogP contribution in [-0.4, -0.2) is 29.6 Å². The van der Waals surface area contributed by atoms with Gasteiger partial charge in [0, 0.05) is 46.9 Å². The predicted octanol–water partition coefficient (Wildman–Crippen LogP) is 3.62. The van der Waals surface area contributed by atoms with Crippen LogP contribution in [0, 0.1) is 6.92 Å². The van der Waals surface area contributed by atoms with E-state index in [1.54, 1.807) is 50.8 Å². The van der Waals surface area contributed by atoms with Crippen LogP contribution in [-0.2, 0) is 26.5 Å². The summed E-state index contributed by atoms with van der Waals surface area (Å²) in [7, 11) is 1.64. The number of rotatable bonds is 5. The van der Waals surface area contributed by atoms with Crippen LogP contribution >= 0.6 is 11.3 Å². The van der Waals surface area contributed by atoms with E-state index in [4.69, 9.17) is 4.52 Å². The smallest absolute Gasteiger partial charge is 0.290 e. The molecule has 1 aliphatic carbocycles. The third-order valence-electron chi connectivity index (χ3n) is 6.68. The minimum atomic E-state index is -0.375. The molecule has 0 atom stereocenters. The average molecular weight is 517 g/mol. The first-order valence-electron chi connectivity index (χ1n) is 12.0. The zero-order chi connectivity index (χ0) is 25.7. The van der Waals surface area contributed by atoms with Gasteiger partial charge in [0.25, 0.3) is 11.1 Å². The number of pyridine rings is 2. The second kappa shape index (κ2) is 9.09. The molecule has 5 aromatic rings. The normalized spacial score (nSPS) is 13.2. The summed E-state index contributed by atoms with van der Waals surface area (Å²) in [6.07, 6.45) is 9.18. The van der Waals surface area contributed by atoms with Crippen LogP contribution in [0.1, 0.15) is 34.6 Å². The van der Waals surface area contributed by atoms with Crippen LogP contribution in [0.2, 0.25) is 0 Å². The molecule has 0 bridgehead atoms. The number of hydrogen-bond acceptors (Lipinski definition) is 9. The first-order chi connectivity index (χ1) is 17.9. The van der Waals surface area contributed by atoms with E-state index < -0.39 is 0 Å². The number of nitrogens with one attached hydrogen (secondary N) is 1. The van der Waals surface area contributed by atoms with E-state index in [1.165, 1.54) is 31.0 Å². The van der Waals surface area contributed by atoms with Gasteiger partial charge in [-0.05, 0) is 55.9 Å². The Bertz CT molecular complexity index is 1780. The van der Waals surface area contributed by atoms with Crippen molar-refractivity contribution in [3.63, 3.8) is 0 Å². The Morgan fingerprint density at radius 1 is 1.19 bits per heavy atom. The molecular weight excluding hydrogens is 492 g/mol. The Balaban J connectivity index is 1.48. The highest BCUT2D eigenvalue weighted by molar-refractivity contribution is 7.19. The molecule has 11 heteroatoms. The lowest BCUT2D eigenvalue weighted by Gasteiger charge is -2.15. The van der Waals surface area contributed by atoms with Gasteiger partial charge >= 0.3 is 0 Å². The van der Waals surface area contributed by atoms with Gasteiger partial charge in [-0.2, -0.15) is 9.78 Å². The monoisotopic (exact) mass is 516 g/mol. The van der Waals surface area contributed by atoms with Crippen LogP contribution in [0.4, 0.5) is 11.5 Å². The van der Waals surface area contributed by atoms with E-state index >= 15 is 0 Å². The summed E-state index contributed by atoms with van der Waals surface area (Å²) in [5.74, 6) is 1.28. The van der Waals surface area contributed by atoms with Crippen LogP contribution in [0.5, 0.6) is 0 Å². The molecule has 37 heavy (non-hydrogen) atoms. The highest BCUT2D eigenvalue weighted by atomic mass is 32.1. The molecule has 0 fully saturated rings. The van der Waals surface area contributed by atoms with Crippen molar-refractivity contribution in [3.05, 3.63) is 79.3 Å². The maximum atomic E-state index is 13.5.